The maximum absolute atomic E-state index is 8.78. The molecular formula is C17H19ClN2S. The lowest BCUT2D eigenvalue weighted by Crippen LogP contribution is -2.25. The smallest absolute Gasteiger partial charge is 0.0645 e. The number of hydrogen-bond acceptors (Lipinski definition) is 3. The van der Waals surface area contributed by atoms with Gasteiger partial charge in [0.25, 0.3) is 0 Å². The van der Waals surface area contributed by atoms with Crippen LogP contribution in [0.1, 0.15) is 28.3 Å². The van der Waals surface area contributed by atoms with Crippen LogP contribution in [0, 0.1) is 0 Å². The summed E-state index contributed by atoms with van der Waals surface area (Å²) in [5.41, 5.74) is -0.751. The van der Waals surface area contributed by atoms with Crippen molar-refractivity contribution in [3.63, 3.8) is 0 Å². The Kier molecular flexibility index (Phi) is 1.48. The van der Waals surface area contributed by atoms with Gasteiger partial charge in [-0.2, -0.15) is 0 Å². The molecule has 110 valence electrons. The molecule has 21 heavy (non-hydrogen) atoms. The van der Waals surface area contributed by atoms with Gasteiger partial charge in [0.1, 0.15) is 0 Å². The van der Waals surface area contributed by atoms with Crippen LogP contribution in [0.15, 0.2) is 52.2 Å². The van der Waals surface area contributed by atoms with Crippen LogP contribution in [0.3, 0.4) is 0 Å². The van der Waals surface area contributed by atoms with Crippen LogP contribution in [0.25, 0.3) is 0 Å². The molecule has 0 saturated carbocycles. The van der Waals surface area contributed by atoms with E-state index in [0.29, 0.717) is 4.90 Å². The van der Waals surface area contributed by atoms with E-state index in [-0.39, 0.29) is 20.5 Å². The summed E-state index contributed by atoms with van der Waals surface area (Å²) in [7, 11) is 0. The second kappa shape index (κ2) is 6.30. The number of anilines is 2. The fraction of sp³-hybridized carbons (Fsp3) is 0.294. The summed E-state index contributed by atoms with van der Waals surface area (Å²) < 4.78 is 129. The Bertz CT molecular complexity index is 1230. The lowest BCUT2D eigenvalue weighted by Gasteiger charge is -2.33. The van der Waals surface area contributed by atoms with Gasteiger partial charge in [0.2, 0.25) is 0 Å². The Morgan fingerprint density at radius 1 is 1.29 bits per heavy atom. The van der Waals surface area contributed by atoms with Crippen molar-refractivity contribution in [3.05, 3.63) is 47.4 Å². The molecule has 0 aromatic heterocycles. The molecule has 0 N–H and O–H groups in total. The van der Waals surface area contributed by atoms with E-state index in [1.54, 1.807) is 0 Å². The molecule has 0 aliphatic carbocycles. The number of para-hydroxylation sites is 1. The third-order valence-corrected chi connectivity index (χ3v) is 3.87. The molecule has 2 aromatic rings. The van der Waals surface area contributed by atoms with Crippen LogP contribution in [0.4, 0.5) is 11.4 Å². The van der Waals surface area contributed by atoms with Gasteiger partial charge >= 0.3 is 0 Å². The van der Waals surface area contributed by atoms with Crippen molar-refractivity contribution in [1.29, 1.82) is 0 Å². The topological polar surface area (TPSA) is 6.48 Å². The van der Waals surface area contributed by atoms with Gasteiger partial charge < -0.3 is 9.80 Å². The summed E-state index contributed by atoms with van der Waals surface area (Å²) in [5, 5.41) is 0.0274. The lowest BCUT2D eigenvalue weighted by atomic mass is 10.2. The van der Waals surface area contributed by atoms with Crippen molar-refractivity contribution < 1.29 is 21.9 Å². The predicted molar refractivity (Wildman–Crippen MR) is 92.2 cm³/mol. The molecule has 0 spiro atoms. The second-order valence-corrected chi connectivity index (χ2v) is 5.40. The minimum absolute atomic E-state index is 0.0274. The molecule has 1 aliphatic heterocycles. The molecule has 3 rings (SSSR count). The first kappa shape index (κ1) is 4.92. The molecule has 2 aromatic carbocycles. The maximum Gasteiger partial charge on any atom is 0.0645 e. The molecule has 0 atom stereocenters. The van der Waals surface area contributed by atoms with E-state index >= 15 is 0 Å². The molecule has 1 heterocycles. The largest absolute Gasteiger partial charge is 0.340 e. The summed E-state index contributed by atoms with van der Waals surface area (Å²) in [5.74, 6) is 0. The zero-order chi connectivity index (χ0) is 28.7. The number of rotatable bonds is 4. The normalized spacial score (nSPS) is 27.6. The highest BCUT2D eigenvalue weighted by Gasteiger charge is 2.22. The second-order valence-electron chi connectivity index (χ2n) is 3.91. The molecule has 4 heteroatoms. The minimum Gasteiger partial charge on any atom is -0.340 e. The Labute approximate surface area is 158 Å². The Morgan fingerprint density at radius 2 is 2.14 bits per heavy atom. The number of benzene rings is 2. The van der Waals surface area contributed by atoms with Gasteiger partial charge in [0, 0.05) is 37.8 Å². The highest BCUT2D eigenvalue weighted by atomic mass is 35.5. The molecular weight excluding hydrogens is 300 g/mol. The van der Waals surface area contributed by atoms with E-state index in [9.17, 15) is 0 Å². The number of hydrogen-bond donors (Lipinski definition) is 0. The molecule has 0 saturated heterocycles. The van der Waals surface area contributed by atoms with Gasteiger partial charge in [-0.3, -0.25) is 0 Å². The van der Waals surface area contributed by atoms with Gasteiger partial charge in [0.15, 0.2) is 0 Å². The van der Waals surface area contributed by atoms with Crippen molar-refractivity contribution in [3.8, 4) is 0 Å². The molecule has 0 radical (unpaired) electrons. The van der Waals surface area contributed by atoms with Crippen LogP contribution in [0.5, 0.6) is 0 Å². The van der Waals surface area contributed by atoms with E-state index < -0.39 is 68.1 Å². The maximum atomic E-state index is 8.78. The van der Waals surface area contributed by atoms with E-state index in [0.717, 1.165) is 11.8 Å². The average Bonchev–Trinajstić information content (AvgIpc) is 2.71. The minimum atomic E-state index is -4.01. The SMILES string of the molecule is [2H]c1c([2H])c([2H])c2c(c1[2H])Sc1ccc(Cl)cc1N2C([2H])([2H])C([2H])([2H])C([2H])([2H])N(C([2H])([2H])[2H])C([2H])([2H])[2H]. The first-order valence-corrected chi connectivity index (χ1v) is 6.87. The zero-order valence-corrected chi connectivity index (χ0v) is 12.0. The average molecular weight is 335 g/mol. The van der Waals surface area contributed by atoms with E-state index in [2.05, 4.69) is 0 Å². The van der Waals surface area contributed by atoms with Crippen LogP contribution >= 0.6 is 23.4 Å². The van der Waals surface area contributed by atoms with Crippen molar-refractivity contribution in [2.24, 2.45) is 0 Å². The molecule has 0 unspecified atom stereocenters. The fourth-order valence-electron chi connectivity index (χ4n) is 1.76. The van der Waals surface area contributed by atoms with Gasteiger partial charge in [-0.15, -0.1) is 0 Å². The van der Waals surface area contributed by atoms with Gasteiger partial charge in [-0.25, -0.2) is 0 Å². The van der Waals surface area contributed by atoms with Gasteiger partial charge in [-0.05, 0) is 57.1 Å². The Hall–Kier alpha value is -1.16. The highest BCUT2D eigenvalue weighted by Crippen LogP contribution is 2.48. The Morgan fingerprint density at radius 3 is 3.00 bits per heavy atom. The van der Waals surface area contributed by atoms with Crippen LogP contribution in [-0.2, 0) is 0 Å². The van der Waals surface area contributed by atoms with Gasteiger partial charge in [-0.1, -0.05) is 35.4 Å². The van der Waals surface area contributed by atoms with Crippen LogP contribution in [-0.4, -0.2) is 31.8 Å². The number of fused-ring (bicyclic) bond motifs is 2. The van der Waals surface area contributed by atoms with Crippen molar-refractivity contribution in [1.82, 2.24) is 4.90 Å². The Balaban J connectivity index is 2.40. The zero-order valence-electron chi connectivity index (χ0n) is 26.4. The third-order valence-electron chi connectivity index (χ3n) is 2.57. The van der Waals surface area contributed by atoms with E-state index in [1.807, 2.05) is 0 Å². The van der Waals surface area contributed by atoms with Crippen molar-refractivity contribution >= 4 is 34.7 Å². The first-order valence-electron chi connectivity index (χ1n) is 13.7. The number of nitrogens with zero attached hydrogens (tertiary/aromatic N) is 2. The fourth-order valence-corrected chi connectivity index (χ4v) is 2.88. The van der Waals surface area contributed by atoms with Crippen LogP contribution < -0.4 is 4.90 Å². The molecule has 2 nitrogen and oxygen atoms in total. The molecule has 0 amide bonds. The van der Waals surface area contributed by atoms with E-state index in [1.165, 1.54) is 18.2 Å². The molecule has 0 fully saturated rings. The summed E-state index contributed by atoms with van der Waals surface area (Å²) in [6.45, 7) is -15.1. The summed E-state index contributed by atoms with van der Waals surface area (Å²) in [6, 6.07) is 1.17. The first-order chi connectivity index (χ1) is 16.5. The third kappa shape index (κ3) is 3.20. The van der Waals surface area contributed by atoms with Crippen molar-refractivity contribution in [2.45, 2.75) is 16.2 Å². The number of halogens is 1. The summed E-state index contributed by atoms with van der Waals surface area (Å²) in [4.78, 5) is -0.258. The monoisotopic (exact) mass is 334 g/mol. The molecule has 1 aliphatic rings. The molecule has 0 bridgehead atoms. The van der Waals surface area contributed by atoms with E-state index in [4.69, 9.17) is 33.5 Å². The predicted octanol–water partition coefficient (Wildman–Crippen LogP) is 4.89. The summed E-state index contributed by atoms with van der Waals surface area (Å²) >= 11 is 6.91. The van der Waals surface area contributed by atoms with Crippen LogP contribution in [0.2, 0.25) is 5.02 Å². The highest BCUT2D eigenvalue weighted by molar-refractivity contribution is 7.99. The lowest BCUT2D eigenvalue weighted by molar-refractivity contribution is 0.402. The standard InChI is InChI=1S/C17H19ClN2S/c1-19(2)10-5-11-20-14-6-3-4-7-16(14)21-17-9-8-13(18)12-15(17)20/h3-4,6-9,12H,5,10-11H2,1-2H3/i1D3,2D3,3D,4D,5D2,6D,7D,10D2,11D2. The van der Waals surface area contributed by atoms with Gasteiger partial charge in [0.05, 0.1) is 16.9 Å². The van der Waals surface area contributed by atoms with Crippen molar-refractivity contribution in [2.75, 3.05) is 31.8 Å². The summed E-state index contributed by atoms with van der Waals surface area (Å²) in [6.07, 6.45) is -3.96. The quantitative estimate of drug-likeness (QED) is 0.785.